The van der Waals surface area contributed by atoms with Gasteiger partial charge in [0.2, 0.25) is 5.75 Å². The first-order valence-corrected chi connectivity index (χ1v) is 5.70. The van der Waals surface area contributed by atoms with Crippen molar-refractivity contribution >= 4 is 5.97 Å². The SMILES string of the molecule is O=C(CCc1cccnc1)Oc1c(F)cccc1F. The molecular weight excluding hydrogens is 252 g/mol. The number of hydrogen-bond donors (Lipinski definition) is 0. The van der Waals surface area contributed by atoms with Gasteiger partial charge in [-0.15, -0.1) is 0 Å². The Hall–Kier alpha value is -2.30. The van der Waals surface area contributed by atoms with Crippen molar-refractivity contribution in [2.45, 2.75) is 12.8 Å². The average Bonchev–Trinajstić information content (AvgIpc) is 2.42. The third-order valence-corrected chi connectivity index (χ3v) is 2.48. The zero-order valence-corrected chi connectivity index (χ0v) is 9.98. The third kappa shape index (κ3) is 3.58. The van der Waals surface area contributed by atoms with Crippen LogP contribution in [0.1, 0.15) is 12.0 Å². The zero-order valence-electron chi connectivity index (χ0n) is 9.98. The maximum Gasteiger partial charge on any atom is 0.311 e. The van der Waals surface area contributed by atoms with E-state index < -0.39 is 23.4 Å². The number of para-hydroxylation sites is 1. The Morgan fingerprint density at radius 3 is 2.53 bits per heavy atom. The number of carbonyl (C=O) groups is 1. The standard InChI is InChI=1S/C14H11F2NO2/c15-11-4-1-5-12(16)14(11)19-13(18)7-6-10-3-2-8-17-9-10/h1-5,8-9H,6-7H2. The van der Waals surface area contributed by atoms with Crippen LogP contribution in [0.25, 0.3) is 0 Å². The lowest BCUT2D eigenvalue weighted by Gasteiger charge is -2.06. The topological polar surface area (TPSA) is 39.2 Å². The summed E-state index contributed by atoms with van der Waals surface area (Å²) in [6, 6.07) is 6.83. The highest BCUT2D eigenvalue weighted by Crippen LogP contribution is 2.21. The molecule has 0 saturated carbocycles. The van der Waals surface area contributed by atoms with Crippen LogP contribution in [0.3, 0.4) is 0 Å². The molecule has 0 saturated heterocycles. The van der Waals surface area contributed by atoms with Crippen molar-refractivity contribution < 1.29 is 18.3 Å². The first-order valence-electron chi connectivity index (χ1n) is 5.70. The summed E-state index contributed by atoms with van der Waals surface area (Å²) in [4.78, 5) is 15.4. The molecule has 1 aromatic heterocycles. The van der Waals surface area contributed by atoms with Crippen molar-refractivity contribution in [1.29, 1.82) is 0 Å². The highest BCUT2D eigenvalue weighted by atomic mass is 19.1. The van der Waals surface area contributed by atoms with E-state index in [1.807, 2.05) is 6.07 Å². The summed E-state index contributed by atoms with van der Waals surface area (Å²) in [6.07, 6.45) is 3.68. The van der Waals surface area contributed by atoms with Crippen molar-refractivity contribution in [2.75, 3.05) is 0 Å². The molecule has 0 unspecified atom stereocenters. The predicted molar refractivity (Wildman–Crippen MR) is 64.6 cm³/mol. The number of ether oxygens (including phenoxy) is 1. The van der Waals surface area contributed by atoms with Crippen LogP contribution in [0.15, 0.2) is 42.7 Å². The summed E-state index contributed by atoms with van der Waals surface area (Å²) in [5.74, 6) is -3.13. The number of aryl methyl sites for hydroxylation is 1. The summed E-state index contributed by atoms with van der Waals surface area (Å²) < 4.78 is 31.2. The van der Waals surface area contributed by atoms with Crippen molar-refractivity contribution in [2.24, 2.45) is 0 Å². The van der Waals surface area contributed by atoms with E-state index in [9.17, 15) is 13.6 Å². The number of nitrogens with zero attached hydrogens (tertiary/aromatic N) is 1. The molecule has 0 radical (unpaired) electrons. The average molecular weight is 263 g/mol. The third-order valence-electron chi connectivity index (χ3n) is 2.48. The van der Waals surface area contributed by atoms with Gasteiger partial charge in [0.15, 0.2) is 11.6 Å². The summed E-state index contributed by atoms with van der Waals surface area (Å²) >= 11 is 0. The Labute approximate surface area is 108 Å². The van der Waals surface area contributed by atoms with Gasteiger partial charge in [0.25, 0.3) is 0 Å². The Morgan fingerprint density at radius 2 is 1.89 bits per heavy atom. The van der Waals surface area contributed by atoms with Gasteiger partial charge in [-0.25, -0.2) is 8.78 Å². The molecule has 2 aromatic rings. The second-order valence-electron chi connectivity index (χ2n) is 3.89. The molecule has 0 aliphatic heterocycles. The summed E-state index contributed by atoms with van der Waals surface area (Å²) in [5.41, 5.74) is 0.855. The van der Waals surface area contributed by atoms with Crippen molar-refractivity contribution in [3.63, 3.8) is 0 Å². The minimum absolute atomic E-state index is 0.0272. The summed E-state index contributed by atoms with van der Waals surface area (Å²) in [6.45, 7) is 0. The number of benzene rings is 1. The van der Waals surface area contributed by atoms with Gasteiger partial charge >= 0.3 is 5.97 Å². The number of pyridine rings is 1. The lowest BCUT2D eigenvalue weighted by Crippen LogP contribution is -2.11. The fourth-order valence-corrected chi connectivity index (χ4v) is 1.54. The van der Waals surface area contributed by atoms with Crippen LogP contribution in [0.4, 0.5) is 8.78 Å². The van der Waals surface area contributed by atoms with E-state index in [1.54, 1.807) is 18.5 Å². The summed E-state index contributed by atoms with van der Waals surface area (Å²) in [5, 5.41) is 0. The van der Waals surface area contributed by atoms with Gasteiger partial charge < -0.3 is 4.74 Å². The van der Waals surface area contributed by atoms with Gasteiger partial charge in [0.1, 0.15) is 0 Å². The van der Waals surface area contributed by atoms with Crippen LogP contribution >= 0.6 is 0 Å². The quantitative estimate of drug-likeness (QED) is 0.629. The molecule has 2 rings (SSSR count). The van der Waals surface area contributed by atoms with Crippen LogP contribution < -0.4 is 4.74 Å². The number of halogens is 2. The normalized spacial score (nSPS) is 10.2. The van der Waals surface area contributed by atoms with E-state index in [2.05, 4.69) is 9.72 Å². The largest absolute Gasteiger partial charge is 0.420 e. The van der Waals surface area contributed by atoms with Gasteiger partial charge in [-0.3, -0.25) is 9.78 Å². The maximum absolute atomic E-state index is 13.2. The van der Waals surface area contributed by atoms with E-state index in [1.165, 1.54) is 6.07 Å². The van der Waals surface area contributed by atoms with Crippen molar-refractivity contribution in [1.82, 2.24) is 4.98 Å². The number of hydrogen-bond acceptors (Lipinski definition) is 3. The number of rotatable bonds is 4. The van der Waals surface area contributed by atoms with Gasteiger partial charge in [-0.1, -0.05) is 12.1 Å². The van der Waals surface area contributed by atoms with E-state index in [0.717, 1.165) is 17.7 Å². The number of esters is 1. The monoisotopic (exact) mass is 263 g/mol. The molecule has 0 bridgehead atoms. The van der Waals surface area contributed by atoms with E-state index in [4.69, 9.17) is 0 Å². The number of carbonyl (C=O) groups excluding carboxylic acids is 1. The molecule has 0 amide bonds. The minimum Gasteiger partial charge on any atom is -0.420 e. The molecule has 1 heterocycles. The molecule has 3 nitrogen and oxygen atoms in total. The Kier molecular flexibility index (Phi) is 4.18. The molecule has 98 valence electrons. The molecule has 0 spiro atoms. The first-order chi connectivity index (χ1) is 9.16. The molecule has 0 aliphatic rings. The Morgan fingerprint density at radius 1 is 1.16 bits per heavy atom. The maximum atomic E-state index is 13.2. The molecule has 0 atom stereocenters. The van der Waals surface area contributed by atoms with Crippen LogP contribution in [0, 0.1) is 11.6 Å². The zero-order chi connectivity index (χ0) is 13.7. The highest BCUT2D eigenvalue weighted by molar-refractivity contribution is 5.72. The second-order valence-corrected chi connectivity index (χ2v) is 3.89. The van der Waals surface area contributed by atoms with Gasteiger partial charge in [0, 0.05) is 12.4 Å². The smallest absolute Gasteiger partial charge is 0.311 e. The fourth-order valence-electron chi connectivity index (χ4n) is 1.54. The molecule has 0 aliphatic carbocycles. The molecule has 1 aromatic carbocycles. The molecule has 19 heavy (non-hydrogen) atoms. The minimum atomic E-state index is -0.894. The Balaban J connectivity index is 1.95. The fraction of sp³-hybridized carbons (Fsp3) is 0.143. The molecule has 5 heteroatoms. The van der Waals surface area contributed by atoms with E-state index in [0.29, 0.717) is 6.42 Å². The lowest BCUT2D eigenvalue weighted by molar-refractivity contribution is -0.134. The van der Waals surface area contributed by atoms with Gasteiger partial charge in [-0.05, 0) is 30.2 Å². The van der Waals surface area contributed by atoms with Crippen molar-refractivity contribution in [3.05, 3.63) is 59.9 Å². The second kappa shape index (κ2) is 6.04. The molecule has 0 fully saturated rings. The number of aromatic nitrogens is 1. The molecule has 0 N–H and O–H groups in total. The Bertz CT molecular complexity index is 553. The van der Waals surface area contributed by atoms with Crippen LogP contribution in [-0.4, -0.2) is 11.0 Å². The predicted octanol–water partition coefficient (Wildman–Crippen LogP) is 2.90. The summed E-state index contributed by atoms with van der Waals surface area (Å²) in [7, 11) is 0. The lowest BCUT2D eigenvalue weighted by atomic mass is 10.2. The first kappa shape index (κ1) is 13.1. The molecular formula is C14H11F2NO2. The van der Waals surface area contributed by atoms with Gasteiger partial charge in [-0.2, -0.15) is 0 Å². The highest BCUT2D eigenvalue weighted by Gasteiger charge is 2.14. The van der Waals surface area contributed by atoms with E-state index >= 15 is 0 Å². The van der Waals surface area contributed by atoms with E-state index in [-0.39, 0.29) is 6.42 Å². The van der Waals surface area contributed by atoms with Crippen molar-refractivity contribution in [3.8, 4) is 5.75 Å². The van der Waals surface area contributed by atoms with Gasteiger partial charge in [0.05, 0.1) is 6.42 Å². The van der Waals surface area contributed by atoms with Crippen LogP contribution in [-0.2, 0) is 11.2 Å². The van der Waals surface area contributed by atoms with Crippen LogP contribution in [0.2, 0.25) is 0 Å². The van der Waals surface area contributed by atoms with Crippen LogP contribution in [0.5, 0.6) is 5.75 Å².